The number of carbonyl (C=O) groups excluding carboxylic acids is 1. The number of phenols is 1. The molecule has 0 atom stereocenters. The van der Waals surface area contributed by atoms with Gasteiger partial charge in [0.1, 0.15) is 12.3 Å². The Balaban J connectivity index is 0. The lowest BCUT2D eigenvalue weighted by molar-refractivity contribution is -0.139. The van der Waals surface area contributed by atoms with Crippen molar-refractivity contribution < 1.29 is 14.6 Å². The number of rotatable bonds is 3. The highest BCUT2D eigenvalue weighted by molar-refractivity contribution is 5.71. The fourth-order valence-electron chi connectivity index (χ4n) is 0.777. The van der Waals surface area contributed by atoms with E-state index in [0.717, 1.165) is 0 Å². The van der Waals surface area contributed by atoms with Crippen molar-refractivity contribution in [2.45, 2.75) is 20.8 Å². The predicted molar refractivity (Wildman–Crippen MR) is 73.3 cm³/mol. The zero-order valence-corrected chi connectivity index (χ0v) is 11.8. The van der Waals surface area contributed by atoms with Gasteiger partial charge in [-0.1, -0.05) is 31.5 Å². The van der Waals surface area contributed by atoms with Crippen LogP contribution in [-0.4, -0.2) is 31.8 Å². The number of ether oxygens (including phenoxy) is 1. The minimum absolute atomic E-state index is 0.201. The van der Waals surface area contributed by atoms with Gasteiger partial charge < -0.3 is 9.84 Å². The fourth-order valence-corrected chi connectivity index (χ4v) is 0.777. The third-order valence-corrected chi connectivity index (χ3v) is 1.67. The number of hydrazine groups is 1. The molecule has 0 saturated heterocycles. The minimum atomic E-state index is -0.278. The Kier molecular flexibility index (Phi) is 14.0. The Hall–Kier alpha value is -1.59. The number of carbonyl (C=O) groups is 1. The van der Waals surface area contributed by atoms with E-state index in [1.165, 1.54) is 12.7 Å². The monoisotopic (exact) mass is 256 g/mol. The lowest BCUT2D eigenvalue weighted by Crippen LogP contribution is -2.33. The summed E-state index contributed by atoms with van der Waals surface area (Å²) in [5.74, 6) is 0.0509. The molecule has 3 N–H and O–H groups in total. The van der Waals surface area contributed by atoms with Gasteiger partial charge in [0.15, 0.2) is 0 Å². The van der Waals surface area contributed by atoms with Crippen LogP contribution in [0.4, 0.5) is 0 Å². The molecule has 0 aromatic heterocycles. The number of methoxy groups -OCH3 is 1. The summed E-state index contributed by atoms with van der Waals surface area (Å²) in [6.45, 7) is 6.19. The van der Waals surface area contributed by atoms with Crippen LogP contribution in [0.2, 0.25) is 0 Å². The number of aromatic hydroxyl groups is 1. The second-order valence-corrected chi connectivity index (χ2v) is 3.02. The Bertz CT molecular complexity index is 279. The largest absolute Gasteiger partial charge is 0.508 e. The van der Waals surface area contributed by atoms with E-state index in [1.54, 1.807) is 19.2 Å². The van der Waals surface area contributed by atoms with E-state index < -0.39 is 0 Å². The molecule has 1 aromatic rings. The molecule has 0 aliphatic heterocycles. The van der Waals surface area contributed by atoms with E-state index in [1.807, 2.05) is 32.9 Å². The summed E-state index contributed by atoms with van der Waals surface area (Å²) in [6, 6.07) is 7.09. The molecule has 5 nitrogen and oxygen atoms in total. The molecule has 0 bridgehead atoms. The van der Waals surface area contributed by atoms with Crippen LogP contribution in [0.15, 0.2) is 24.3 Å². The van der Waals surface area contributed by atoms with Gasteiger partial charge in [-0.05, 0) is 26.1 Å². The van der Waals surface area contributed by atoms with Crippen molar-refractivity contribution in [2.24, 2.45) is 0 Å². The van der Waals surface area contributed by atoms with Crippen molar-refractivity contribution >= 4 is 5.97 Å². The highest BCUT2D eigenvalue weighted by Gasteiger charge is 1.93. The first-order chi connectivity index (χ1) is 8.60. The number of nitrogens with one attached hydrogen (secondary N) is 2. The van der Waals surface area contributed by atoms with Crippen molar-refractivity contribution in [3.63, 3.8) is 0 Å². The maximum absolute atomic E-state index is 10.2. The van der Waals surface area contributed by atoms with Crippen LogP contribution in [0.25, 0.3) is 0 Å². The van der Waals surface area contributed by atoms with E-state index in [4.69, 9.17) is 5.11 Å². The Morgan fingerprint density at radius 1 is 1.28 bits per heavy atom. The summed E-state index contributed by atoms with van der Waals surface area (Å²) in [4.78, 5) is 10.2. The Morgan fingerprint density at radius 2 is 1.78 bits per heavy atom. The summed E-state index contributed by atoms with van der Waals surface area (Å²) < 4.78 is 4.31. The number of esters is 1. The van der Waals surface area contributed by atoms with Gasteiger partial charge >= 0.3 is 5.97 Å². The molecule has 18 heavy (non-hydrogen) atoms. The predicted octanol–water partition coefficient (Wildman–Crippen LogP) is 1.61. The molecule has 0 unspecified atom stereocenters. The molecular weight excluding hydrogens is 232 g/mol. The average molecular weight is 256 g/mol. The maximum Gasteiger partial charge on any atom is 0.321 e. The SMILES string of the molecule is CC.CNNCC(=O)OC.Cc1ccc(O)cc1. The zero-order valence-electron chi connectivity index (χ0n) is 11.8. The first-order valence-corrected chi connectivity index (χ1v) is 5.82. The molecule has 0 fully saturated rings. The zero-order chi connectivity index (χ0) is 14.4. The van der Waals surface area contributed by atoms with E-state index >= 15 is 0 Å². The van der Waals surface area contributed by atoms with Gasteiger partial charge in [-0.25, -0.2) is 5.43 Å². The van der Waals surface area contributed by atoms with E-state index in [0.29, 0.717) is 5.75 Å². The van der Waals surface area contributed by atoms with Crippen molar-refractivity contribution in [1.29, 1.82) is 0 Å². The second kappa shape index (κ2) is 13.5. The summed E-state index contributed by atoms with van der Waals surface area (Å²) >= 11 is 0. The molecule has 0 aliphatic rings. The van der Waals surface area contributed by atoms with E-state index in [-0.39, 0.29) is 12.5 Å². The van der Waals surface area contributed by atoms with Gasteiger partial charge in [0, 0.05) is 0 Å². The highest BCUT2D eigenvalue weighted by atomic mass is 16.5. The Labute approximate surface area is 109 Å². The molecule has 0 spiro atoms. The fraction of sp³-hybridized carbons (Fsp3) is 0.462. The topological polar surface area (TPSA) is 70.6 Å². The van der Waals surface area contributed by atoms with Crippen molar-refractivity contribution in [1.82, 2.24) is 10.9 Å². The number of hydrogen-bond donors (Lipinski definition) is 3. The van der Waals surface area contributed by atoms with Crippen LogP contribution >= 0.6 is 0 Å². The first-order valence-electron chi connectivity index (χ1n) is 5.82. The maximum atomic E-state index is 10.2. The van der Waals surface area contributed by atoms with Gasteiger partial charge in [-0.3, -0.25) is 10.2 Å². The van der Waals surface area contributed by atoms with Gasteiger partial charge in [0.05, 0.1) is 7.11 Å². The standard InChI is InChI=1S/C7H8O.C4H10N2O2.C2H6/c1-6-2-4-7(8)5-3-6;1-5-6-3-4(7)8-2;1-2/h2-5,8H,1H3;5-6H,3H2,1-2H3;1-2H3. The lowest BCUT2D eigenvalue weighted by atomic mass is 10.2. The molecular formula is C13H24N2O3. The number of aryl methyl sites for hydroxylation is 1. The molecule has 0 aliphatic carbocycles. The molecule has 1 rings (SSSR count). The van der Waals surface area contributed by atoms with Crippen molar-refractivity contribution in [2.75, 3.05) is 20.7 Å². The third-order valence-electron chi connectivity index (χ3n) is 1.67. The molecule has 0 heterocycles. The third kappa shape index (κ3) is 12.5. The van der Waals surface area contributed by atoms with Crippen LogP contribution < -0.4 is 10.9 Å². The smallest absolute Gasteiger partial charge is 0.321 e. The van der Waals surface area contributed by atoms with Crippen LogP contribution in [0, 0.1) is 6.92 Å². The Morgan fingerprint density at radius 3 is 2.11 bits per heavy atom. The summed E-state index contributed by atoms with van der Waals surface area (Å²) in [5.41, 5.74) is 6.33. The molecule has 104 valence electrons. The summed E-state index contributed by atoms with van der Waals surface area (Å²) in [7, 11) is 3.03. The van der Waals surface area contributed by atoms with Gasteiger partial charge in [-0.15, -0.1) is 0 Å². The molecule has 1 aromatic carbocycles. The highest BCUT2D eigenvalue weighted by Crippen LogP contribution is 2.07. The van der Waals surface area contributed by atoms with Crippen LogP contribution in [0.3, 0.4) is 0 Å². The van der Waals surface area contributed by atoms with Gasteiger partial charge in [0.2, 0.25) is 0 Å². The van der Waals surface area contributed by atoms with Crippen molar-refractivity contribution in [3.05, 3.63) is 29.8 Å². The normalized spacial score (nSPS) is 8.28. The second-order valence-electron chi connectivity index (χ2n) is 3.02. The summed E-state index contributed by atoms with van der Waals surface area (Å²) in [6.07, 6.45) is 0. The summed E-state index contributed by atoms with van der Waals surface area (Å²) in [5, 5.41) is 8.76. The van der Waals surface area contributed by atoms with Crippen LogP contribution in [0.1, 0.15) is 19.4 Å². The number of hydrogen-bond acceptors (Lipinski definition) is 5. The lowest BCUT2D eigenvalue weighted by Gasteiger charge is -1.97. The van der Waals surface area contributed by atoms with Crippen molar-refractivity contribution in [3.8, 4) is 5.75 Å². The minimum Gasteiger partial charge on any atom is -0.508 e. The quantitative estimate of drug-likeness (QED) is 0.566. The number of phenolic OH excluding ortho intramolecular Hbond substituents is 1. The number of benzene rings is 1. The van der Waals surface area contributed by atoms with Gasteiger partial charge in [0.25, 0.3) is 0 Å². The van der Waals surface area contributed by atoms with Crippen LogP contribution in [-0.2, 0) is 9.53 Å². The molecule has 5 heteroatoms. The van der Waals surface area contributed by atoms with E-state index in [2.05, 4.69) is 15.6 Å². The van der Waals surface area contributed by atoms with Crippen LogP contribution in [0.5, 0.6) is 5.75 Å². The van der Waals surface area contributed by atoms with Gasteiger partial charge in [-0.2, -0.15) is 0 Å². The first kappa shape index (κ1) is 18.8. The average Bonchev–Trinajstić information content (AvgIpc) is 2.42. The molecule has 0 radical (unpaired) electrons. The van der Waals surface area contributed by atoms with E-state index in [9.17, 15) is 4.79 Å². The molecule has 0 saturated carbocycles. The molecule has 0 amide bonds.